The van der Waals surface area contributed by atoms with Gasteiger partial charge in [0.1, 0.15) is 28.4 Å². The summed E-state index contributed by atoms with van der Waals surface area (Å²) < 4.78 is 12.1. The van der Waals surface area contributed by atoms with Crippen molar-refractivity contribution < 1.29 is 14.3 Å². The van der Waals surface area contributed by atoms with Gasteiger partial charge in [0, 0.05) is 44.0 Å². The Labute approximate surface area is 215 Å². The molecule has 0 aliphatic carbocycles. The molecule has 3 heterocycles. The van der Waals surface area contributed by atoms with Crippen molar-refractivity contribution in [2.24, 2.45) is 0 Å². The van der Waals surface area contributed by atoms with Crippen molar-refractivity contribution in [3.8, 4) is 23.0 Å². The van der Waals surface area contributed by atoms with Crippen LogP contribution in [-0.4, -0.2) is 70.7 Å². The molecule has 37 heavy (non-hydrogen) atoms. The number of rotatable bonds is 9. The van der Waals surface area contributed by atoms with Crippen LogP contribution in [0.15, 0.2) is 79.0 Å². The first-order chi connectivity index (χ1) is 18.0. The number of nitrogens with one attached hydrogen (secondary N) is 2. The van der Waals surface area contributed by atoms with Gasteiger partial charge in [-0.15, -0.1) is 0 Å². The van der Waals surface area contributed by atoms with Gasteiger partial charge in [0.2, 0.25) is 5.91 Å². The number of benzene rings is 2. The number of nitrogens with zero attached hydrogens (tertiary/aromatic N) is 4. The van der Waals surface area contributed by atoms with E-state index in [0.717, 1.165) is 29.9 Å². The number of aromatic amines is 1. The van der Waals surface area contributed by atoms with Gasteiger partial charge in [-0.2, -0.15) is 5.10 Å². The average molecular weight is 499 g/mol. The molecule has 1 saturated heterocycles. The number of aromatic nitrogens is 3. The predicted octanol–water partition coefficient (Wildman–Crippen LogP) is 4.67. The maximum absolute atomic E-state index is 12.5. The Morgan fingerprint density at radius 3 is 2.57 bits per heavy atom. The van der Waals surface area contributed by atoms with Crippen LogP contribution in [0.4, 0.5) is 5.82 Å². The smallest absolute Gasteiger partial charge is 0.246 e. The van der Waals surface area contributed by atoms with Crippen molar-refractivity contribution in [1.82, 2.24) is 25.0 Å². The number of fused-ring (bicyclic) bond motifs is 1. The first-order valence-electron chi connectivity index (χ1n) is 12.3. The Morgan fingerprint density at radius 2 is 1.81 bits per heavy atom. The van der Waals surface area contributed by atoms with Crippen molar-refractivity contribution in [2.75, 3.05) is 39.0 Å². The van der Waals surface area contributed by atoms with Crippen LogP contribution in [0.2, 0.25) is 0 Å². The zero-order valence-electron chi connectivity index (χ0n) is 20.9. The highest BCUT2D eigenvalue weighted by atomic mass is 16.5. The highest BCUT2D eigenvalue weighted by molar-refractivity contribution is 5.93. The van der Waals surface area contributed by atoms with Crippen LogP contribution in [0.5, 0.6) is 23.0 Å². The molecule has 190 valence electrons. The Kier molecular flexibility index (Phi) is 7.32. The molecule has 0 radical (unpaired) electrons. The lowest BCUT2D eigenvalue weighted by Crippen LogP contribution is -2.30. The molecule has 2 aromatic carbocycles. The molecule has 1 aliphatic heterocycles. The molecule has 1 unspecified atom stereocenters. The minimum Gasteiger partial charge on any atom is -0.457 e. The molecular weight excluding hydrogens is 468 g/mol. The van der Waals surface area contributed by atoms with Crippen LogP contribution in [0, 0.1) is 0 Å². The van der Waals surface area contributed by atoms with Gasteiger partial charge >= 0.3 is 0 Å². The van der Waals surface area contributed by atoms with E-state index in [1.807, 2.05) is 90.6 Å². The number of likely N-dealkylation sites (N-methyl/N-ethyl adjacent to an activating group) is 1. The number of H-pyrrole nitrogens is 1. The minimum atomic E-state index is 0.0309. The molecule has 5 rings (SSSR count). The van der Waals surface area contributed by atoms with Crippen LogP contribution in [0.3, 0.4) is 0 Å². The lowest BCUT2D eigenvalue weighted by atomic mass is 10.2. The third kappa shape index (κ3) is 6.07. The van der Waals surface area contributed by atoms with E-state index in [4.69, 9.17) is 9.47 Å². The zero-order valence-corrected chi connectivity index (χ0v) is 20.9. The Morgan fingerprint density at radius 1 is 1.08 bits per heavy atom. The van der Waals surface area contributed by atoms with Gasteiger partial charge in [0.15, 0.2) is 11.5 Å². The number of hydrogen-bond acceptors (Lipinski definition) is 7. The van der Waals surface area contributed by atoms with Gasteiger partial charge in [-0.1, -0.05) is 24.3 Å². The number of likely N-dealkylation sites (tertiary alicyclic amines) is 1. The Balaban J connectivity index is 1.25. The molecule has 2 aromatic heterocycles. The molecule has 9 nitrogen and oxygen atoms in total. The second-order valence-corrected chi connectivity index (χ2v) is 9.17. The fraction of sp³-hybridized carbons (Fsp3) is 0.250. The van der Waals surface area contributed by atoms with Crippen molar-refractivity contribution in [1.29, 1.82) is 0 Å². The first-order valence-corrected chi connectivity index (χ1v) is 12.3. The zero-order chi connectivity index (χ0) is 25.6. The summed E-state index contributed by atoms with van der Waals surface area (Å²) in [6.45, 7) is 2.04. The van der Waals surface area contributed by atoms with Crippen molar-refractivity contribution >= 4 is 22.8 Å². The van der Waals surface area contributed by atoms with E-state index in [0.29, 0.717) is 36.1 Å². The number of para-hydroxylation sites is 1. The predicted molar refractivity (Wildman–Crippen MR) is 143 cm³/mol. The Bertz CT molecular complexity index is 1370. The number of pyridine rings is 1. The molecule has 1 fully saturated rings. The van der Waals surface area contributed by atoms with Crippen LogP contribution in [0.25, 0.3) is 11.0 Å². The van der Waals surface area contributed by atoms with E-state index in [1.54, 1.807) is 12.3 Å². The van der Waals surface area contributed by atoms with Gasteiger partial charge in [-0.05, 0) is 56.9 Å². The summed E-state index contributed by atoms with van der Waals surface area (Å²) in [4.78, 5) is 20.8. The SMILES string of the molecule is CN(C)C/C=C/C(=O)N1CCC(Nc2n[nH]c3nccc(Oc4ccc(Oc5ccccc5)cc4)c23)C1. The molecule has 1 atom stereocenters. The van der Waals surface area contributed by atoms with E-state index in [9.17, 15) is 4.79 Å². The highest BCUT2D eigenvalue weighted by Crippen LogP contribution is 2.34. The molecule has 9 heteroatoms. The maximum atomic E-state index is 12.5. The van der Waals surface area contributed by atoms with Crippen molar-refractivity contribution in [3.05, 3.63) is 79.0 Å². The lowest BCUT2D eigenvalue weighted by molar-refractivity contribution is -0.125. The summed E-state index contributed by atoms with van der Waals surface area (Å²) in [6.07, 6.45) is 6.06. The molecular formula is C28H30N6O3. The molecule has 0 spiro atoms. The number of ether oxygens (including phenoxy) is 2. The summed E-state index contributed by atoms with van der Waals surface area (Å²) in [5.41, 5.74) is 0.626. The summed E-state index contributed by atoms with van der Waals surface area (Å²) in [5.74, 6) is 3.49. The second kappa shape index (κ2) is 11.1. The van der Waals surface area contributed by atoms with E-state index in [1.165, 1.54) is 0 Å². The van der Waals surface area contributed by atoms with Crippen LogP contribution in [-0.2, 0) is 4.79 Å². The number of hydrogen-bond donors (Lipinski definition) is 2. The van der Waals surface area contributed by atoms with E-state index >= 15 is 0 Å². The van der Waals surface area contributed by atoms with Gasteiger partial charge in [0.05, 0.1) is 0 Å². The fourth-order valence-corrected chi connectivity index (χ4v) is 4.18. The third-order valence-electron chi connectivity index (χ3n) is 6.03. The lowest BCUT2D eigenvalue weighted by Gasteiger charge is -2.16. The van der Waals surface area contributed by atoms with Gasteiger partial charge < -0.3 is 24.6 Å². The van der Waals surface area contributed by atoms with E-state index in [2.05, 4.69) is 20.5 Å². The molecule has 2 N–H and O–H groups in total. The fourth-order valence-electron chi connectivity index (χ4n) is 4.18. The molecule has 0 saturated carbocycles. The Hall–Kier alpha value is -4.37. The van der Waals surface area contributed by atoms with Crippen molar-refractivity contribution in [3.63, 3.8) is 0 Å². The topological polar surface area (TPSA) is 95.6 Å². The third-order valence-corrected chi connectivity index (χ3v) is 6.03. The molecule has 1 aliphatic rings. The van der Waals surface area contributed by atoms with E-state index < -0.39 is 0 Å². The van der Waals surface area contributed by atoms with Crippen LogP contribution < -0.4 is 14.8 Å². The molecule has 1 amide bonds. The van der Waals surface area contributed by atoms with Gasteiger partial charge in [-0.25, -0.2) is 4.98 Å². The van der Waals surface area contributed by atoms with Crippen LogP contribution >= 0.6 is 0 Å². The van der Waals surface area contributed by atoms with Crippen molar-refractivity contribution in [2.45, 2.75) is 12.5 Å². The van der Waals surface area contributed by atoms with Crippen LogP contribution in [0.1, 0.15) is 6.42 Å². The summed E-state index contributed by atoms with van der Waals surface area (Å²) in [5, 5.41) is 11.7. The summed E-state index contributed by atoms with van der Waals surface area (Å²) in [6, 6.07) is 19.0. The minimum absolute atomic E-state index is 0.0309. The summed E-state index contributed by atoms with van der Waals surface area (Å²) >= 11 is 0. The molecule has 0 bridgehead atoms. The van der Waals surface area contributed by atoms with Gasteiger partial charge in [-0.3, -0.25) is 9.89 Å². The highest BCUT2D eigenvalue weighted by Gasteiger charge is 2.26. The monoisotopic (exact) mass is 498 g/mol. The number of carbonyl (C=O) groups is 1. The molecule has 4 aromatic rings. The number of anilines is 1. The summed E-state index contributed by atoms with van der Waals surface area (Å²) in [7, 11) is 3.95. The average Bonchev–Trinajstić information content (AvgIpc) is 3.54. The number of amides is 1. The van der Waals surface area contributed by atoms with E-state index in [-0.39, 0.29) is 11.9 Å². The van der Waals surface area contributed by atoms with Gasteiger partial charge in [0.25, 0.3) is 0 Å². The quantitative estimate of drug-likeness (QED) is 0.324. The number of carbonyl (C=O) groups excluding carboxylic acids is 1. The second-order valence-electron chi connectivity index (χ2n) is 9.17. The first kappa shape index (κ1) is 24.3. The maximum Gasteiger partial charge on any atom is 0.246 e. The standard InChI is InChI=1S/C28H30N6O3/c1-33(2)17-6-9-25(35)34-18-15-20(19-34)30-28-26-24(14-16-29-27(26)31-32-28)37-23-12-10-22(11-13-23)36-21-7-4-3-5-8-21/h3-14,16,20H,15,17-19H2,1-2H3,(H2,29,30,31,32)/b9-6+. The largest absolute Gasteiger partial charge is 0.457 e. The normalized spacial score (nSPS) is 15.5.